The lowest BCUT2D eigenvalue weighted by molar-refractivity contribution is -0.138. The molecule has 6 heteroatoms. The van der Waals surface area contributed by atoms with Crippen LogP contribution in [0.4, 0.5) is 0 Å². The highest BCUT2D eigenvalue weighted by Crippen LogP contribution is 2.34. The monoisotopic (exact) mass is 377 g/mol. The van der Waals surface area contributed by atoms with Crippen molar-refractivity contribution in [3.05, 3.63) is 51.7 Å². The van der Waals surface area contributed by atoms with Crippen molar-refractivity contribution in [2.75, 3.05) is 6.61 Å². The third-order valence-corrected chi connectivity index (χ3v) is 4.27. The van der Waals surface area contributed by atoms with Crippen molar-refractivity contribution in [3.8, 4) is 17.4 Å². The van der Waals surface area contributed by atoms with Crippen LogP contribution < -0.4 is 0 Å². The largest absolute Gasteiger partial charge is 0.462 e. The molecule has 25 heavy (non-hydrogen) atoms. The van der Waals surface area contributed by atoms with Crippen molar-refractivity contribution < 1.29 is 13.9 Å². The lowest BCUT2D eigenvalue weighted by Gasteiger charge is -2.03. The molecule has 2 rings (SSSR count). The Kier molecular flexibility index (Phi) is 7.12. The summed E-state index contributed by atoms with van der Waals surface area (Å²) < 4.78 is 10.7. The third kappa shape index (κ3) is 5.12. The van der Waals surface area contributed by atoms with E-state index in [4.69, 9.17) is 37.6 Å². The van der Waals surface area contributed by atoms with Crippen LogP contribution in [0.2, 0.25) is 10.0 Å². The van der Waals surface area contributed by atoms with Crippen LogP contribution in [-0.2, 0) is 9.53 Å². The molecule has 1 heterocycles. The molecule has 4 nitrogen and oxygen atoms in total. The predicted octanol–water partition coefficient (Wildman–Crippen LogP) is 5.89. The molecule has 0 spiro atoms. The van der Waals surface area contributed by atoms with Gasteiger partial charge in [0.2, 0.25) is 0 Å². The van der Waals surface area contributed by atoms with Crippen molar-refractivity contribution in [1.29, 1.82) is 5.26 Å². The highest BCUT2D eigenvalue weighted by molar-refractivity contribution is 6.43. The van der Waals surface area contributed by atoms with Crippen molar-refractivity contribution in [2.45, 2.75) is 26.2 Å². The van der Waals surface area contributed by atoms with Crippen LogP contribution in [0, 0.1) is 11.3 Å². The number of rotatable bonds is 7. The van der Waals surface area contributed by atoms with Crippen LogP contribution in [0.3, 0.4) is 0 Å². The second-order valence-corrected chi connectivity index (χ2v) is 6.10. The van der Waals surface area contributed by atoms with E-state index in [1.54, 1.807) is 30.3 Å². The Bertz CT molecular complexity index is 818. The average Bonchev–Trinajstić information content (AvgIpc) is 3.07. The number of halogens is 2. The number of nitriles is 1. The van der Waals surface area contributed by atoms with Gasteiger partial charge in [-0.25, -0.2) is 4.79 Å². The zero-order valence-electron chi connectivity index (χ0n) is 13.7. The number of benzene rings is 1. The zero-order chi connectivity index (χ0) is 18.2. The van der Waals surface area contributed by atoms with Gasteiger partial charge in [-0.1, -0.05) is 49.0 Å². The molecule has 0 radical (unpaired) electrons. The quantitative estimate of drug-likeness (QED) is 0.261. The fourth-order valence-electron chi connectivity index (χ4n) is 2.14. The van der Waals surface area contributed by atoms with Gasteiger partial charge in [0.05, 0.1) is 16.7 Å². The highest BCUT2D eigenvalue weighted by Gasteiger charge is 2.14. The number of hydrogen-bond donors (Lipinski definition) is 0. The van der Waals surface area contributed by atoms with E-state index in [1.165, 1.54) is 6.08 Å². The Hall–Kier alpha value is -2.22. The SMILES string of the molecule is CCCCCOC(=O)/C(C#N)=C\c1ccc(-c2cccc(Cl)c2Cl)o1. The molecule has 0 aliphatic heterocycles. The van der Waals surface area contributed by atoms with Gasteiger partial charge in [-0.3, -0.25) is 0 Å². The van der Waals surface area contributed by atoms with Crippen LogP contribution in [0.5, 0.6) is 0 Å². The van der Waals surface area contributed by atoms with Gasteiger partial charge in [-0.05, 0) is 30.7 Å². The van der Waals surface area contributed by atoms with Crippen LogP contribution in [-0.4, -0.2) is 12.6 Å². The molecule has 0 saturated heterocycles. The van der Waals surface area contributed by atoms with E-state index in [2.05, 4.69) is 6.92 Å². The average molecular weight is 378 g/mol. The van der Waals surface area contributed by atoms with Crippen LogP contribution >= 0.6 is 23.2 Å². The molecule has 1 aromatic heterocycles. The molecular formula is C19H17Cl2NO3. The smallest absolute Gasteiger partial charge is 0.349 e. The van der Waals surface area contributed by atoms with E-state index in [0.29, 0.717) is 33.7 Å². The number of ether oxygens (including phenoxy) is 1. The van der Waals surface area contributed by atoms with Crippen molar-refractivity contribution in [3.63, 3.8) is 0 Å². The summed E-state index contributed by atoms with van der Waals surface area (Å²) in [5, 5.41) is 9.96. The summed E-state index contributed by atoms with van der Waals surface area (Å²) in [6.07, 6.45) is 4.13. The summed E-state index contributed by atoms with van der Waals surface area (Å²) in [5.41, 5.74) is 0.518. The molecule has 0 unspecified atom stereocenters. The Morgan fingerprint density at radius 3 is 2.80 bits per heavy atom. The van der Waals surface area contributed by atoms with Crippen LogP contribution in [0.25, 0.3) is 17.4 Å². The first-order valence-electron chi connectivity index (χ1n) is 7.90. The Balaban J connectivity index is 2.15. The maximum Gasteiger partial charge on any atom is 0.349 e. The predicted molar refractivity (Wildman–Crippen MR) is 98.2 cm³/mol. The van der Waals surface area contributed by atoms with Gasteiger partial charge in [0.25, 0.3) is 0 Å². The van der Waals surface area contributed by atoms with Gasteiger partial charge < -0.3 is 9.15 Å². The molecule has 0 aliphatic carbocycles. The molecule has 0 aliphatic rings. The Morgan fingerprint density at radius 2 is 2.08 bits per heavy atom. The normalized spacial score (nSPS) is 11.2. The zero-order valence-corrected chi connectivity index (χ0v) is 15.2. The van der Waals surface area contributed by atoms with E-state index >= 15 is 0 Å². The molecule has 0 amide bonds. The molecule has 0 saturated carbocycles. The lowest BCUT2D eigenvalue weighted by Crippen LogP contribution is -2.07. The second-order valence-electron chi connectivity index (χ2n) is 5.32. The minimum Gasteiger partial charge on any atom is -0.462 e. The first kappa shape index (κ1) is 19.1. The molecule has 1 aromatic carbocycles. The molecule has 0 fully saturated rings. The third-order valence-electron chi connectivity index (χ3n) is 3.45. The van der Waals surface area contributed by atoms with Gasteiger partial charge in [0.1, 0.15) is 23.2 Å². The standard InChI is InChI=1S/C19H17Cl2NO3/c1-2-3-4-10-24-19(23)13(12-22)11-14-8-9-17(25-14)15-6-5-7-16(20)18(15)21/h5-9,11H,2-4,10H2,1H3/b13-11-. The summed E-state index contributed by atoms with van der Waals surface area (Å²) in [6.45, 7) is 2.36. The number of carbonyl (C=O) groups excluding carboxylic acids is 1. The first-order chi connectivity index (χ1) is 12.1. The van der Waals surface area contributed by atoms with Gasteiger partial charge in [-0.15, -0.1) is 0 Å². The lowest BCUT2D eigenvalue weighted by atomic mass is 10.2. The number of unbranched alkanes of at least 4 members (excludes halogenated alkanes) is 2. The van der Waals surface area contributed by atoms with E-state index in [0.717, 1.165) is 19.3 Å². The highest BCUT2D eigenvalue weighted by atomic mass is 35.5. The fraction of sp³-hybridized carbons (Fsp3) is 0.263. The Morgan fingerprint density at radius 1 is 1.28 bits per heavy atom. The van der Waals surface area contributed by atoms with E-state index in [1.807, 2.05) is 6.07 Å². The van der Waals surface area contributed by atoms with Gasteiger partial charge in [-0.2, -0.15) is 5.26 Å². The molecule has 0 atom stereocenters. The van der Waals surface area contributed by atoms with Gasteiger partial charge in [0.15, 0.2) is 0 Å². The molecular weight excluding hydrogens is 361 g/mol. The maximum atomic E-state index is 11.9. The van der Waals surface area contributed by atoms with Crippen LogP contribution in [0.1, 0.15) is 31.9 Å². The first-order valence-corrected chi connectivity index (χ1v) is 8.65. The fourth-order valence-corrected chi connectivity index (χ4v) is 2.54. The molecule has 2 aromatic rings. The van der Waals surface area contributed by atoms with Crippen molar-refractivity contribution in [2.24, 2.45) is 0 Å². The number of esters is 1. The molecule has 0 bridgehead atoms. The number of furan rings is 1. The summed E-state index contributed by atoms with van der Waals surface area (Å²) in [4.78, 5) is 11.9. The summed E-state index contributed by atoms with van der Waals surface area (Å²) in [5.74, 6) is 0.192. The van der Waals surface area contributed by atoms with E-state index < -0.39 is 5.97 Å². The Labute approximate surface area is 156 Å². The van der Waals surface area contributed by atoms with Crippen molar-refractivity contribution >= 4 is 35.2 Å². The minimum absolute atomic E-state index is 0.116. The summed E-state index contributed by atoms with van der Waals surface area (Å²) in [6, 6.07) is 10.4. The van der Waals surface area contributed by atoms with Gasteiger partial charge >= 0.3 is 5.97 Å². The summed E-state index contributed by atoms with van der Waals surface area (Å²) in [7, 11) is 0. The van der Waals surface area contributed by atoms with E-state index in [9.17, 15) is 4.79 Å². The van der Waals surface area contributed by atoms with Crippen molar-refractivity contribution in [1.82, 2.24) is 0 Å². The topological polar surface area (TPSA) is 63.2 Å². The van der Waals surface area contributed by atoms with E-state index in [-0.39, 0.29) is 5.57 Å². The number of nitrogens with zero attached hydrogens (tertiary/aromatic N) is 1. The number of hydrogen-bond acceptors (Lipinski definition) is 4. The number of carbonyl (C=O) groups is 1. The molecule has 0 N–H and O–H groups in total. The summed E-state index contributed by atoms with van der Waals surface area (Å²) >= 11 is 12.2. The van der Waals surface area contributed by atoms with Gasteiger partial charge in [0, 0.05) is 11.6 Å². The van der Waals surface area contributed by atoms with Crippen LogP contribution in [0.15, 0.2) is 40.3 Å². The molecule has 130 valence electrons. The minimum atomic E-state index is -0.655. The maximum absolute atomic E-state index is 11.9. The second kappa shape index (κ2) is 9.31.